The topological polar surface area (TPSA) is 62.9 Å². The molecule has 6 heteroatoms. The van der Waals surface area contributed by atoms with E-state index < -0.39 is 0 Å². The Labute approximate surface area is 114 Å². The summed E-state index contributed by atoms with van der Waals surface area (Å²) in [5, 5.41) is 8.52. The van der Waals surface area contributed by atoms with Crippen LogP contribution >= 0.6 is 15.9 Å². The summed E-state index contributed by atoms with van der Waals surface area (Å²) in [5.74, 6) is 0.482. The van der Waals surface area contributed by atoms with E-state index in [1.165, 1.54) is 11.0 Å². The van der Waals surface area contributed by atoms with Crippen LogP contribution in [0.1, 0.15) is 5.76 Å². The Balaban J connectivity index is 2.33. The maximum absolute atomic E-state index is 11.7. The number of furan rings is 1. The molecule has 0 unspecified atom stereocenters. The van der Waals surface area contributed by atoms with Gasteiger partial charge in [0.2, 0.25) is 5.91 Å². The lowest BCUT2D eigenvalue weighted by molar-refractivity contribution is -0.125. The fourth-order valence-corrected chi connectivity index (χ4v) is 1.50. The van der Waals surface area contributed by atoms with Gasteiger partial charge in [0.1, 0.15) is 5.76 Å². The van der Waals surface area contributed by atoms with Gasteiger partial charge in [0.25, 0.3) is 0 Å². The molecule has 1 N–H and O–H groups in total. The van der Waals surface area contributed by atoms with E-state index in [1.807, 2.05) is 0 Å². The Morgan fingerprint density at radius 3 is 2.94 bits per heavy atom. The second-order valence-electron chi connectivity index (χ2n) is 3.57. The van der Waals surface area contributed by atoms with Gasteiger partial charge in [-0.05, 0) is 34.1 Å². The number of hydrogen-bond acceptors (Lipinski definition) is 4. The molecule has 0 atom stereocenters. The van der Waals surface area contributed by atoms with Crippen molar-refractivity contribution in [1.29, 1.82) is 0 Å². The molecule has 0 aliphatic heterocycles. The van der Waals surface area contributed by atoms with Crippen LogP contribution < -0.4 is 0 Å². The molecule has 0 aliphatic rings. The van der Waals surface area contributed by atoms with E-state index in [0.29, 0.717) is 23.6 Å². The zero-order valence-corrected chi connectivity index (χ0v) is 11.7. The summed E-state index contributed by atoms with van der Waals surface area (Å²) in [5.41, 5.74) is 0. The van der Waals surface area contributed by atoms with Crippen molar-refractivity contribution >= 4 is 27.9 Å². The first-order valence-electron chi connectivity index (χ1n) is 5.50. The van der Waals surface area contributed by atoms with Crippen LogP contribution in [0, 0.1) is 0 Å². The van der Waals surface area contributed by atoms with Gasteiger partial charge in [0.05, 0.1) is 19.8 Å². The van der Waals surface area contributed by atoms with Gasteiger partial charge in [0.15, 0.2) is 4.67 Å². The highest BCUT2D eigenvalue weighted by Crippen LogP contribution is 2.15. The van der Waals surface area contributed by atoms with Crippen LogP contribution in [-0.2, 0) is 9.53 Å². The third-order valence-corrected chi connectivity index (χ3v) is 2.59. The number of ether oxygens (including phenoxy) is 1. The molecule has 1 amide bonds. The Morgan fingerprint density at radius 1 is 1.56 bits per heavy atom. The molecule has 0 aliphatic carbocycles. The molecule has 0 saturated heterocycles. The van der Waals surface area contributed by atoms with Crippen molar-refractivity contribution in [2.45, 2.75) is 0 Å². The average Bonchev–Trinajstić information content (AvgIpc) is 2.77. The summed E-state index contributed by atoms with van der Waals surface area (Å²) in [4.78, 5) is 13.2. The van der Waals surface area contributed by atoms with Crippen molar-refractivity contribution in [3.05, 3.63) is 28.6 Å². The Kier molecular flexibility index (Phi) is 6.70. The van der Waals surface area contributed by atoms with Gasteiger partial charge >= 0.3 is 0 Å². The van der Waals surface area contributed by atoms with Crippen molar-refractivity contribution in [2.24, 2.45) is 0 Å². The largest absolute Gasteiger partial charge is 0.450 e. The average molecular weight is 318 g/mol. The molecule has 0 saturated carbocycles. The SMILES string of the molecule is CN(CCOCCO)C(=O)/C=C/c1ccc(Br)o1. The van der Waals surface area contributed by atoms with Crippen LogP contribution in [0.2, 0.25) is 0 Å². The number of carbonyl (C=O) groups is 1. The molecule has 1 aromatic heterocycles. The van der Waals surface area contributed by atoms with Crippen LogP contribution in [0.15, 0.2) is 27.3 Å². The first-order chi connectivity index (χ1) is 8.63. The van der Waals surface area contributed by atoms with Gasteiger partial charge in [0, 0.05) is 19.7 Å². The Hall–Kier alpha value is -1.11. The van der Waals surface area contributed by atoms with E-state index in [9.17, 15) is 4.79 Å². The molecule has 0 radical (unpaired) electrons. The van der Waals surface area contributed by atoms with Gasteiger partial charge in [-0.3, -0.25) is 4.79 Å². The van der Waals surface area contributed by atoms with Crippen molar-refractivity contribution in [3.63, 3.8) is 0 Å². The van der Waals surface area contributed by atoms with Gasteiger partial charge in [-0.15, -0.1) is 0 Å². The predicted molar refractivity (Wildman–Crippen MR) is 71.0 cm³/mol. The molecule has 0 bridgehead atoms. The minimum atomic E-state index is -0.130. The van der Waals surface area contributed by atoms with Crippen molar-refractivity contribution in [2.75, 3.05) is 33.4 Å². The number of likely N-dealkylation sites (N-methyl/N-ethyl adjacent to an activating group) is 1. The van der Waals surface area contributed by atoms with E-state index >= 15 is 0 Å². The summed E-state index contributed by atoms with van der Waals surface area (Å²) >= 11 is 3.18. The van der Waals surface area contributed by atoms with Gasteiger partial charge in [-0.25, -0.2) is 0 Å². The summed E-state index contributed by atoms with van der Waals surface area (Å²) in [6, 6.07) is 3.52. The molecule has 1 aromatic rings. The van der Waals surface area contributed by atoms with Gasteiger partial charge in [-0.2, -0.15) is 0 Å². The van der Waals surface area contributed by atoms with Crippen LogP contribution in [-0.4, -0.2) is 49.3 Å². The third kappa shape index (κ3) is 5.48. The fourth-order valence-electron chi connectivity index (χ4n) is 1.18. The molecule has 0 spiro atoms. The van der Waals surface area contributed by atoms with Crippen LogP contribution in [0.5, 0.6) is 0 Å². The molecule has 1 heterocycles. The molecule has 5 nitrogen and oxygen atoms in total. The number of halogens is 1. The lowest BCUT2D eigenvalue weighted by Gasteiger charge is -2.14. The highest BCUT2D eigenvalue weighted by Gasteiger charge is 2.04. The van der Waals surface area contributed by atoms with E-state index in [2.05, 4.69) is 15.9 Å². The third-order valence-electron chi connectivity index (χ3n) is 2.17. The number of nitrogens with zero attached hydrogens (tertiary/aromatic N) is 1. The number of aliphatic hydroxyl groups is 1. The zero-order valence-electron chi connectivity index (χ0n) is 10.1. The normalized spacial score (nSPS) is 11.1. The van der Waals surface area contributed by atoms with Gasteiger partial charge in [-0.1, -0.05) is 0 Å². The minimum Gasteiger partial charge on any atom is -0.450 e. The number of rotatable bonds is 7. The fraction of sp³-hybridized carbons (Fsp3) is 0.417. The van der Waals surface area contributed by atoms with Crippen LogP contribution in [0.4, 0.5) is 0 Å². The standard InChI is InChI=1S/C12H16BrNO4/c1-14(6-8-17-9-7-15)12(16)5-3-10-2-4-11(13)18-10/h2-5,15H,6-9H2,1H3/b5-3+. The van der Waals surface area contributed by atoms with Crippen LogP contribution in [0.3, 0.4) is 0 Å². The molecular formula is C12H16BrNO4. The Morgan fingerprint density at radius 2 is 2.33 bits per heavy atom. The maximum Gasteiger partial charge on any atom is 0.246 e. The zero-order chi connectivity index (χ0) is 13.4. The first kappa shape index (κ1) is 14.9. The quantitative estimate of drug-likeness (QED) is 0.612. The maximum atomic E-state index is 11.7. The van der Waals surface area contributed by atoms with E-state index in [0.717, 1.165) is 0 Å². The second-order valence-corrected chi connectivity index (χ2v) is 4.35. The first-order valence-corrected chi connectivity index (χ1v) is 6.30. The molecule has 1 rings (SSSR count). The highest BCUT2D eigenvalue weighted by atomic mass is 79.9. The molecule has 18 heavy (non-hydrogen) atoms. The number of carbonyl (C=O) groups excluding carboxylic acids is 1. The van der Waals surface area contributed by atoms with E-state index in [-0.39, 0.29) is 19.1 Å². The van der Waals surface area contributed by atoms with Gasteiger partial charge < -0.3 is 19.2 Å². The lowest BCUT2D eigenvalue weighted by Crippen LogP contribution is -2.28. The van der Waals surface area contributed by atoms with E-state index in [1.54, 1.807) is 25.3 Å². The highest BCUT2D eigenvalue weighted by molar-refractivity contribution is 9.10. The summed E-state index contributed by atoms with van der Waals surface area (Å²) < 4.78 is 10.9. The van der Waals surface area contributed by atoms with Crippen LogP contribution in [0.25, 0.3) is 6.08 Å². The number of hydrogen-bond donors (Lipinski definition) is 1. The predicted octanol–water partition coefficient (Wildman–Crippen LogP) is 1.52. The van der Waals surface area contributed by atoms with Crippen molar-refractivity contribution in [3.8, 4) is 0 Å². The molecular weight excluding hydrogens is 302 g/mol. The van der Waals surface area contributed by atoms with E-state index in [4.69, 9.17) is 14.3 Å². The van der Waals surface area contributed by atoms with Crippen molar-refractivity contribution < 1.29 is 19.1 Å². The smallest absolute Gasteiger partial charge is 0.246 e. The monoisotopic (exact) mass is 317 g/mol. The summed E-state index contributed by atoms with van der Waals surface area (Å²) in [7, 11) is 1.69. The van der Waals surface area contributed by atoms with Crippen molar-refractivity contribution in [1.82, 2.24) is 4.90 Å². The summed E-state index contributed by atoms with van der Waals surface area (Å²) in [6.07, 6.45) is 3.05. The number of amides is 1. The summed E-state index contributed by atoms with van der Waals surface area (Å²) in [6.45, 7) is 1.16. The lowest BCUT2D eigenvalue weighted by atomic mass is 10.3. The molecule has 0 fully saturated rings. The second kappa shape index (κ2) is 8.07. The Bertz CT molecular complexity index is 403. The molecule has 0 aromatic carbocycles. The molecule has 100 valence electrons. The number of aliphatic hydroxyl groups excluding tert-OH is 1. The minimum absolute atomic E-state index is 0.00899.